The number of methoxy groups -OCH3 is 2. The Morgan fingerprint density at radius 2 is 1.53 bits per heavy atom. The van der Waals surface area contributed by atoms with E-state index in [9.17, 15) is 14.4 Å². The number of aromatic nitrogens is 1. The highest BCUT2D eigenvalue weighted by atomic mass is 32.1. The molecule has 4 aromatic carbocycles. The van der Waals surface area contributed by atoms with E-state index in [4.69, 9.17) is 23.9 Å². The summed E-state index contributed by atoms with van der Waals surface area (Å²) in [6, 6.07) is 29.3. The zero-order valence-electron chi connectivity index (χ0n) is 25.8. The summed E-state index contributed by atoms with van der Waals surface area (Å²) in [6.07, 6.45) is 1.75. The van der Waals surface area contributed by atoms with Gasteiger partial charge in [0.2, 0.25) is 0 Å². The van der Waals surface area contributed by atoms with Crippen LogP contribution in [-0.4, -0.2) is 37.3 Å². The standard InChI is InChI=1S/C37H30N2O7S/c1-4-45-36(42)31-32(24-9-6-5-7-10-24)38-37-39(33(31)26-11-8-12-29(22-26)44-3)34(40)30(47-37)21-23-13-17-28(18-14-23)46-35(41)25-15-19-27(43-2)20-16-25/h5-22,33H,4H2,1-3H3/b30-21-/t33-/m0/s1. The van der Waals surface area contributed by atoms with Crippen LogP contribution in [0.1, 0.15) is 40.0 Å². The Kier molecular flexibility index (Phi) is 9.12. The molecule has 0 bridgehead atoms. The number of ether oxygens (including phenoxy) is 4. The van der Waals surface area contributed by atoms with E-state index in [1.54, 1.807) is 87.9 Å². The lowest BCUT2D eigenvalue weighted by molar-refractivity contribution is -0.138. The fourth-order valence-electron chi connectivity index (χ4n) is 5.24. The van der Waals surface area contributed by atoms with Crippen LogP contribution in [0.3, 0.4) is 0 Å². The molecular weight excluding hydrogens is 616 g/mol. The maximum absolute atomic E-state index is 14.1. The molecule has 0 saturated carbocycles. The number of benzene rings is 4. The van der Waals surface area contributed by atoms with Crippen LogP contribution >= 0.6 is 11.3 Å². The molecule has 0 unspecified atom stereocenters. The average Bonchev–Trinajstić information content (AvgIpc) is 3.42. The van der Waals surface area contributed by atoms with Crippen molar-refractivity contribution in [2.24, 2.45) is 4.99 Å². The molecule has 0 spiro atoms. The Labute approximate surface area is 274 Å². The fourth-order valence-corrected chi connectivity index (χ4v) is 6.24. The Morgan fingerprint density at radius 1 is 0.830 bits per heavy atom. The highest BCUT2D eigenvalue weighted by molar-refractivity contribution is 7.07. The minimum Gasteiger partial charge on any atom is -0.497 e. The van der Waals surface area contributed by atoms with Crippen LogP contribution < -0.4 is 29.1 Å². The third kappa shape index (κ3) is 6.49. The van der Waals surface area contributed by atoms with Gasteiger partial charge in [-0.3, -0.25) is 9.36 Å². The average molecular weight is 647 g/mol. The van der Waals surface area contributed by atoms with Gasteiger partial charge < -0.3 is 18.9 Å². The topological polar surface area (TPSA) is 105 Å². The van der Waals surface area contributed by atoms with Crippen molar-refractivity contribution in [2.45, 2.75) is 13.0 Å². The number of carbonyl (C=O) groups is 2. The van der Waals surface area contributed by atoms with Crippen molar-refractivity contribution in [3.05, 3.63) is 151 Å². The summed E-state index contributed by atoms with van der Waals surface area (Å²) in [5.41, 5.74) is 2.88. The summed E-state index contributed by atoms with van der Waals surface area (Å²) in [4.78, 5) is 45.7. The van der Waals surface area contributed by atoms with Crippen LogP contribution in [0, 0.1) is 0 Å². The van der Waals surface area contributed by atoms with Crippen molar-refractivity contribution >= 4 is 35.0 Å². The van der Waals surface area contributed by atoms with E-state index in [0.717, 1.165) is 5.56 Å². The van der Waals surface area contributed by atoms with Gasteiger partial charge in [-0.25, -0.2) is 14.6 Å². The Morgan fingerprint density at radius 3 is 2.21 bits per heavy atom. The Bertz CT molecular complexity index is 2150. The molecule has 1 atom stereocenters. The lowest BCUT2D eigenvalue weighted by Gasteiger charge is -2.26. The molecule has 0 radical (unpaired) electrons. The third-order valence-electron chi connectivity index (χ3n) is 7.50. The summed E-state index contributed by atoms with van der Waals surface area (Å²) in [5, 5.41) is 0. The number of rotatable bonds is 9. The van der Waals surface area contributed by atoms with E-state index < -0.39 is 18.0 Å². The summed E-state index contributed by atoms with van der Waals surface area (Å²) in [7, 11) is 3.12. The van der Waals surface area contributed by atoms with Gasteiger partial charge in [-0.2, -0.15) is 0 Å². The van der Waals surface area contributed by atoms with Gasteiger partial charge in [-0.05, 0) is 72.7 Å². The zero-order valence-corrected chi connectivity index (χ0v) is 26.7. The van der Waals surface area contributed by atoms with Crippen molar-refractivity contribution in [1.82, 2.24) is 4.57 Å². The molecule has 47 heavy (non-hydrogen) atoms. The number of esters is 2. The van der Waals surface area contributed by atoms with Crippen molar-refractivity contribution in [3.8, 4) is 17.2 Å². The van der Waals surface area contributed by atoms with Crippen molar-refractivity contribution in [3.63, 3.8) is 0 Å². The first kappa shape index (κ1) is 31.3. The van der Waals surface area contributed by atoms with E-state index >= 15 is 0 Å². The maximum Gasteiger partial charge on any atom is 0.343 e. The van der Waals surface area contributed by atoms with Crippen LogP contribution in [0.2, 0.25) is 0 Å². The summed E-state index contributed by atoms with van der Waals surface area (Å²) in [5.74, 6) is 0.516. The zero-order chi connectivity index (χ0) is 32.9. The van der Waals surface area contributed by atoms with Gasteiger partial charge in [0.05, 0.1) is 48.2 Å². The van der Waals surface area contributed by atoms with Crippen LogP contribution in [0.15, 0.2) is 118 Å². The van der Waals surface area contributed by atoms with E-state index in [1.165, 1.54) is 15.9 Å². The first-order valence-corrected chi connectivity index (χ1v) is 15.6. The second-order valence-electron chi connectivity index (χ2n) is 10.4. The number of fused-ring (bicyclic) bond motifs is 1. The van der Waals surface area contributed by atoms with Crippen LogP contribution in [-0.2, 0) is 9.53 Å². The second kappa shape index (κ2) is 13.7. The normalized spacial score (nSPS) is 14.2. The van der Waals surface area contributed by atoms with Crippen molar-refractivity contribution < 1.29 is 28.5 Å². The smallest absolute Gasteiger partial charge is 0.343 e. The quantitative estimate of drug-likeness (QED) is 0.161. The summed E-state index contributed by atoms with van der Waals surface area (Å²) >= 11 is 1.22. The highest BCUT2D eigenvalue weighted by Gasteiger charge is 2.35. The van der Waals surface area contributed by atoms with E-state index in [-0.39, 0.29) is 17.7 Å². The highest BCUT2D eigenvalue weighted by Crippen LogP contribution is 2.36. The molecule has 1 aromatic heterocycles. The summed E-state index contributed by atoms with van der Waals surface area (Å²) in [6.45, 7) is 1.90. The van der Waals surface area contributed by atoms with Gasteiger partial charge in [0.15, 0.2) is 4.80 Å². The summed E-state index contributed by atoms with van der Waals surface area (Å²) < 4.78 is 23.6. The van der Waals surface area contributed by atoms with E-state index in [0.29, 0.717) is 49.0 Å². The molecule has 0 N–H and O–H groups in total. The second-order valence-corrected chi connectivity index (χ2v) is 11.4. The van der Waals surface area contributed by atoms with Crippen LogP contribution in [0.5, 0.6) is 17.2 Å². The minimum atomic E-state index is -0.822. The lowest BCUT2D eigenvalue weighted by atomic mass is 9.93. The number of hydrogen-bond donors (Lipinski definition) is 0. The molecule has 0 fully saturated rings. The number of nitrogens with zero attached hydrogens (tertiary/aromatic N) is 2. The molecule has 10 heteroatoms. The van der Waals surface area contributed by atoms with E-state index in [2.05, 4.69) is 0 Å². The Hall–Kier alpha value is -5.74. The molecule has 0 amide bonds. The predicted octanol–water partition coefficient (Wildman–Crippen LogP) is 5.17. The number of thiazole rings is 1. The first-order chi connectivity index (χ1) is 22.9. The van der Waals surface area contributed by atoms with Crippen LogP contribution in [0.4, 0.5) is 0 Å². The van der Waals surface area contributed by atoms with Crippen molar-refractivity contribution in [1.29, 1.82) is 0 Å². The third-order valence-corrected chi connectivity index (χ3v) is 8.48. The lowest BCUT2D eigenvalue weighted by Crippen LogP contribution is -2.40. The monoisotopic (exact) mass is 646 g/mol. The SMILES string of the molecule is CCOC(=O)C1=C(c2ccccc2)N=c2s/c(=C\c3ccc(OC(=O)c4ccc(OC)cc4)cc3)c(=O)n2[C@H]1c1cccc(OC)c1. The maximum atomic E-state index is 14.1. The fraction of sp³-hybridized carbons (Fsp3) is 0.135. The predicted molar refractivity (Wildman–Crippen MR) is 178 cm³/mol. The largest absolute Gasteiger partial charge is 0.497 e. The van der Waals surface area contributed by atoms with Gasteiger partial charge >= 0.3 is 11.9 Å². The number of carbonyl (C=O) groups excluding carboxylic acids is 2. The first-order valence-electron chi connectivity index (χ1n) is 14.8. The minimum absolute atomic E-state index is 0.158. The van der Waals surface area contributed by atoms with Gasteiger partial charge in [0.25, 0.3) is 5.56 Å². The molecule has 236 valence electrons. The van der Waals surface area contributed by atoms with Crippen molar-refractivity contribution in [2.75, 3.05) is 20.8 Å². The Balaban J connectivity index is 1.42. The van der Waals surface area contributed by atoms with Gasteiger partial charge in [-0.15, -0.1) is 0 Å². The van der Waals surface area contributed by atoms with Crippen LogP contribution in [0.25, 0.3) is 11.8 Å². The molecule has 5 aromatic rings. The van der Waals surface area contributed by atoms with Gasteiger partial charge in [-0.1, -0.05) is 65.9 Å². The molecule has 2 heterocycles. The molecule has 1 aliphatic heterocycles. The molecule has 0 saturated heterocycles. The van der Waals surface area contributed by atoms with Gasteiger partial charge in [0.1, 0.15) is 17.2 Å². The molecule has 0 aliphatic carbocycles. The molecule has 6 rings (SSSR count). The van der Waals surface area contributed by atoms with Gasteiger partial charge in [0, 0.05) is 5.56 Å². The molecule has 9 nitrogen and oxygen atoms in total. The number of hydrogen-bond acceptors (Lipinski definition) is 9. The molecule has 1 aliphatic rings. The van der Waals surface area contributed by atoms with E-state index in [1.807, 2.05) is 42.5 Å². The molecular formula is C37H30N2O7S.